The SMILES string of the molecule is O=C1CC=CO1.[B]. The third-order valence-corrected chi connectivity index (χ3v) is 0.580. The van der Waals surface area contributed by atoms with Gasteiger partial charge in [-0.2, -0.15) is 0 Å². The first-order valence-electron chi connectivity index (χ1n) is 1.74. The van der Waals surface area contributed by atoms with Gasteiger partial charge in [0.15, 0.2) is 0 Å². The summed E-state index contributed by atoms with van der Waals surface area (Å²) in [6.07, 6.45) is 3.53. The Morgan fingerprint density at radius 3 is 2.57 bits per heavy atom. The van der Waals surface area contributed by atoms with Gasteiger partial charge in [-0.25, -0.2) is 0 Å². The molecule has 0 aromatic rings. The number of hydrogen-bond acceptors (Lipinski definition) is 2. The van der Waals surface area contributed by atoms with E-state index in [2.05, 4.69) is 4.74 Å². The predicted molar refractivity (Wildman–Crippen MR) is 25.6 cm³/mol. The molecule has 1 heterocycles. The highest BCUT2D eigenvalue weighted by molar-refractivity contribution is 5.75. The largest absolute Gasteiger partial charge is 0.435 e. The Labute approximate surface area is 43.7 Å². The highest BCUT2D eigenvalue weighted by atomic mass is 16.5. The monoisotopic (exact) mass is 95.0 g/mol. The average molecular weight is 94.9 g/mol. The maximum absolute atomic E-state index is 9.96. The molecule has 0 aliphatic carbocycles. The van der Waals surface area contributed by atoms with E-state index < -0.39 is 0 Å². The zero-order valence-corrected chi connectivity index (χ0v) is 3.76. The maximum atomic E-state index is 9.96. The van der Waals surface area contributed by atoms with Crippen molar-refractivity contribution >= 4 is 14.4 Å². The molecule has 1 aliphatic heterocycles. The molecule has 1 rings (SSSR count). The molecule has 7 heavy (non-hydrogen) atoms. The van der Waals surface area contributed by atoms with Gasteiger partial charge in [0.25, 0.3) is 0 Å². The lowest BCUT2D eigenvalue weighted by molar-refractivity contribution is -0.135. The van der Waals surface area contributed by atoms with Crippen molar-refractivity contribution in [1.29, 1.82) is 0 Å². The summed E-state index contributed by atoms with van der Waals surface area (Å²) in [7, 11) is 0. The first kappa shape index (κ1) is 6.27. The summed E-state index contributed by atoms with van der Waals surface area (Å²) in [6.45, 7) is 0. The molecule has 0 saturated heterocycles. The van der Waals surface area contributed by atoms with E-state index in [9.17, 15) is 4.79 Å². The van der Waals surface area contributed by atoms with E-state index >= 15 is 0 Å². The van der Waals surface area contributed by atoms with Crippen molar-refractivity contribution in [3.05, 3.63) is 12.3 Å². The van der Waals surface area contributed by atoms with Gasteiger partial charge in [0.1, 0.15) is 0 Å². The van der Waals surface area contributed by atoms with Gasteiger partial charge in [-0.1, -0.05) is 0 Å². The molecular formula is C4H4BO2. The summed E-state index contributed by atoms with van der Waals surface area (Å²) in [4.78, 5) is 9.96. The number of carbonyl (C=O) groups is 1. The third-order valence-electron chi connectivity index (χ3n) is 0.580. The van der Waals surface area contributed by atoms with E-state index in [0.717, 1.165) is 0 Å². The second kappa shape index (κ2) is 2.45. The van der Waals surface area contributed by atoms with E-state index in [0.29, 0.717) is 6.42 Å². The zero-order chi connectivity index (χ0) is 4.41. The van der Waals surface area contributed by atoms with E-state index in [1.54, 1.807) is 6.08 Å². The number of cyclic esters (lactones) is 1. The fraction of sp³-hybridized carbons (Fsp3) is 0.250. The number of esters is 1. The Bertz CT molecular complexity index is 87.9. The molecule has 3 radical (unpaired) electrons. The average Bonchev–Trinajstić information content (AvgIpc) is 1.86. The van der Waals surface area contributed by atoms with Crippen LogP contribution < -0.4 is 0 Å². The van der Waals surface area contributed by atoms with E-state index in [1.807, 2.05) is 0 Å². The van der Waals surface area contributed by atoms with Crippen LogP contribution in [0.2, 0.25) is 0 Å². The number of hydrogen-bond donors (Lipinski definition) is 0. The molecule has 2 nitrogen and oxygen atoms in total. The topological polar surface area (TPSA) is 26.3 Å². The summed E-state index contributed by atoms with van der Waals surface area (Å²) < 4.78 is 4.33. The summed E-state index contributed by atoms with van der Waals surface area (Å²) >= 11 is 0. The predicted octanol–water partition coefficient (Wildman–Crippen LogP) is 0.0662. The Balaban J connectivity index is 0.000000360. The lowest BCUT2D eigenvalue weighted by Gasteiger charge is -1.78. The maximum Gasteiger partial charge on any atom is 0.314 e. The lowest BCUT2D eigenvalue weighted by atomic mass is 10.5. The molecule has 0 bridgehead atoms. The Hall–Kier alpha value is -0.725. The molecule has 0 fully saturated rings. The minimum atomic E-state index is -0.157. The van der Waals surface area contributed by atoms with Gasteiger partial charge < -0.3 is 4.74 Å². The van der Waals surface area contributed by atoms with Gasteiger partial charge >= 0.3 is 5.97 Å². The van der Waals surface area contributed by atoms with Gasteiger partial charge in [-0.15, -0.1) is 0 Å². The zero-order valence-electron chi connectivity index (χ0n) is 3.76. The van der Waals surface area contributed by atoms with Crippen LogP contribution in [0.25, 0.3) is 0 Å². The smallest absolute Gasteiger partial charge is 0.314 e. The van der Waals surface area contributed by atoms with Crippen molar-refractivity contribution < 1.29 is 9.53 Å². The van der Waals surface area contributed by atoms with Crippen LogP contribution in [0, 0.1) is 0 Å². The molecule has 0 aromatic heterocycles. The third kappa shape index (κ3) is 1.44. The molecule has 1 aliphatic rings. The minimum Gasteiger partial charge on any atom is -0.435 e. The van der Waals surface area contributed by atoms with Crippen LogP contribution in [0.15, 0.2) is 12.3 Å². The highest BCUT2D eigenvalue weighted by Crippen LogP contribution is 1.96. The van der Waals surface area contributed by atoms with Crippen LogP contribution in [-0.4, -0.2) is 14.4 Å². The van der Waals surface area contributed by atoms with Gasteiger partial charge in [0, 0.05) is 8.41 Å². The highest BCUT2D eigenvalue weighted by Gasteiger charge is 2.00. The van der Waals surface area contributed by atoms with Gasteiger partial charge in [-0.3, -0.25) is 4.79 Å². The molecule has 35 valence electrons. The normalized spacial score (nSPS) is 15.7. The number of carbonyl (C=O) groups excluding carboxylic acids is 1. The molecule has 0 saturated carbocycles. The Kier molecular flexibility index (Phi) is 2.19. The van der Waals surface area contributed by atoms with Crippen molar-refractivity contribution in [3.8, 4) is 0 Å². The van der Waals surface area contributed by atoms with Crippen molar-refractivity contribution in [2.75, 3.05) is 0 Å². The molecule has 0 unspecified atom stereocenters. The van der Waals surface area contributed by atoms with Gasteiger partial charge in [0.2, 0.25) is 0 Å². The molecule has 0 spiro atoms. The van der Waals surface area contributed by atoms with Crippen LogP contribution in [0.3, 0.4) is 0 Å². The Morgan fingerprint density at radius 1 is 1.71 bits per heavy atom. The van der Waals surface area contributed by atoms with Gasteiger partial charge in [-0.05, 0) is 6.08 Å². The first-order valence-corrected chi connectivity index (χ1v) is 1.74. The fourth-order valence-corrected chi connectivity index (χ4v) is 0.316. The summed E-state index contributed by atoms with van der Waals surface area (Å²) in [6, 6.07) is 0. The molecule has 0 amide bonds. The van der Waals surface area contributed by atoms with Crippen LogP contribution in [-0.2, 0) is 9.53 Å². The summed E-state index contributed by atoms with van der Waals surface area (Å²) in [5.41, 5.74) is 0. The Morgan fingerprint density at radius 2 is 2.43 bits per heavy atom. The van der Waals surface area contributed by atoms with Crippen LogP contribution in [0.1, 0.15) is 6.42 Å². The van der Waals surface area contributed by atoms with E-state index in [1.165, 1.54) is 6.26 Å². The second-order valence-corrected chi connectivity index (χ2v) is 1.07. The van der Waals surface area contributed by atoms with Crippen molar-refractivity contribution in [1.82, 2.24) is 0 Å². The number of ether oxygens (including phenoxy) is 1. The lowest BCUT2D eigenvalue weighted by Crippen LogP contribution is -1.87. The van der Waals surface area contributed by atoms with Crippen LogP contribution in [0.5, 0.6) is 0 Å². The minimum absolute atomic E-state index is 0. The molecule has 0 aromatic carbocycles. The van der Waals surface area contributed by atoms with Gasteiger partial charge in [0.05, 0.1) is 12.7 Å². The fourth-order valence-electron chi connectivity index (χ4n) is 0.316. The van der Waals surface area contributed by atoms with E-state index in [-0.39, 0.29) is 14.4 Å². The molecular weight excluding hydrogens is 90.9 g/mol. The summed E-state index contributed by atoms with van der Waals surface area (Å²) in [5.74, 6) is -0.157. The van der Waals surface area contributed by atoms with E-state index in [4.69, 9.17) is 0 Å². The van der Waals surface area contributed by atoms with Crippen molar-refractivity contribution in [3.63, 3.8) is 0 Å². The van der Waals surface area contributed by atoms with Crippen LogP contribution >= 0.6 is 0 Å². The first-order chi connectivity index (χ1) is 2.89. The second-order valence-electron chi connectivity index (χ2n) is 1.07. The quantitative estimate of drug-likeness (QED) is 0.314. The molecule has 0 atom stereocenters. The standard InChI is InChI=1S/C4H4O2.B/c5-4-2-1-3-6-4;/h1,3H,2H2;. The summed E-state index contributed by atoms with van der Waals surface area (Å²) in [5, 5.41) is 0. The van der Waals surface area contributed by atoms with Crippen molar-refractivity contribution in [2.24, 2.45) is 0 Å². The van der Waals surface area contributed by atoms with Crippen molar-refractivity contribution in [2.45, 2.75) is 6.42 Å². The molecule has 0 N–H and O–H groups in total. The number of rotatable bonds is 0. The molecule has 3 heteroatoms. The van der Waals surface area contributed by atoms with Crippen LogP contribution in [0.4, 0.5) is 0 Å².